The van der Waals surface area contributed by atoms with Crippen molar-refractivity contribution < 1.29 is 4.79 Å². The van der Waals surface area contributed by atoms with Gasteiger partial charge in [-0.3, -0.25) is 4.79 Å². The van der Waals surface area contributed by atoms with Crippen molar-refractivity contribution in [3.8, 4) is 0 Å². The molecule has 0 saturated heterocycles. The summed E-state index contributed by atoms with van der Waals surface area (Å²) in [4.78, 5) is 13.8. The molecule has 0 atom stereocenters. The Hall–Kier alpha value is -2.49. The number of nitrogens with one attached hydrogen (secondary N) is 1. The van der Waals surface area contributed by atoms with Gasteiger partial charge in [-0.2, -0.15) is 0 Å². The predicted octanol–water partition coefficient (Wildman–Crippen LogP) is 2.57. The molecular weight excluding hydrogens is 262 g/mol. The fourth-order valence-corrected chi connectivity index (χ4v) is 2.21. The molecule has 2 rings (SSSR count). The monoisotopic (exact) mass is 283 g/mol. The van der Waals surface area contributed by atoms with Gasteiger partial charge in [0.25, 0.3) is 5.91 Å². The lowest BCUT2D eigenvalue weighted by Gasteiger charge is -2.22. The lowest BCUT2D eigenvalue weighted by Crippen LogP contribution is -2.21. The van der Waals surface area contributed by atoms with E-state index in [9.17, 15) is 4.79 Å². The lowest BCUT2D eigenvalue weighted by atomic mass is 10.1. The number of rotatable bonds is 4. The summed E-state index contributed by atoms with van der Waals surface area (Å²) in [7, 11) is 3.59. The maximum atomic E-state index is 11.7. The van der Waals surface area contributed by atoms with Gasteiger partial charge < -0.3 is 16.0 Å². The van der Waals surface area contributed by atoms with E-state index in [0.717, 1.165) is 12.2 Å². The van der Waals surface area contributed by atoms with Crippen molar-refractivity contribution in [1.29, 1.82) is 0 Å². The van der Waals surface area contributed by atoms with E-state index in [-0.39, 0.29) is 5.91 Å². The molecule has 0 aliphatic heterocycles. The molecule has 4 nitrogen and oxygen atoms in total. The smallest absolute Gasteiger partial charge is 0.251 e. The molecule has 4 heteroatoms. The van der Waals surface area contributed by atoms with Crippen molar-refractivity contribution in [3.63, 3.8) is 0 Å². The van der Waals surface area contributed by atoms with Crippen LogP contribution in [0.3, 0.4) is 0 Å². The average Bonchev–Trinajstić information content (AvgIpc) is 2.49. The van der Waals surface area contributed by atoms with Gasteiger partial charge in [-0.25, -0.2) is 0 Å². The number of hydrogen-bond donors (Lipinski definition) is 2. The molecule has 0 saturated carbocycles. The van der Waals surface area contributed by atoms with Gasteiger partial charge >= 0.3 is 0 Å². The van der Waals surface area contributed by atoms with E-state index in [1.807, 2.05) is 18.0 Å². The average molecular weight is 283 g/mol. The molecule has 0 aliphatic rings. The zero-order valence-electron chi connectivity index (χ0n) is 12.7. The van der Waals surface area contributed by atoms with E-state index in [1.54, 1.807) is 19.2 Å². The van der Waals surface area contributed by atoms with Crippen molar-refractivity contribution in [1.82, 2.24) is 5.32 Å². The Morgan fingerprint density at radius 2 is 1.86 bits per heavy atom. The van der Waals surface area contributed by atoms with Crippen LogP contribution in [0.1, 0.15) is 21.5 Å². The van der Waals surface area contributed by atoms with Gasteiger partial charge in [0.1, 0.15) is 0 Å². The van der Waals surface area contributed by atoms with Crippen LogP contribution in [0.25, 0.3) is 0 Å². The van der Waals surface area contributed by atoms with E-state index in [2.05, 4.69) is 36.5 Å². The van der Waals surface area contributed by atoms with E-state index >= 15 is 0 Å². The Balaban J connectivity index is 2.23. The number of carbonyl (C=O) groups is 1. The topological polar surface area (TPSA) is 58.4 Å². The van der Waals surface area contributed by atoms with Gasteiger partial charge in [-0.1, -0.05) is 29.8 Å². The molecule has 0 bridgehead atoms. The summed E-state index contributed by atoms with van der Waals surface area (Å²) in [6, 6.07) is 13.7. The third-order valence-electron chi connectivity index (χ3n) is 3.47. The Morgan fingerprint density at radius 3 is 2.48 bits per heavy atom. The van der Waals surface area contributed by atoms with Crippen LogP contribution >= 0.6 is 0 Å². The first-order valence-electron chi connectivity index (χ1n) is 6.89. The molecule has 2 aromatic carbocycles. The van der Waals surface area contributed by atoms with Gasteiger partial charge in [0.05, 0.1) is 11.4 Å². The predicted molar refractivity (Wildman–Crippen MR) is 87.5 cm³/mol. The molecule has 110 valence electrons. The number of hydrogen-bond acceptors (Lipinski definition) is 3. The number of nitrogen functional groups attached to an aromatic ring is 1. The first-order valence-corrected chi connectivity index (χ1v) is 6.89. The van der Waals surface area contributed by atoms with E-state index in [4.69, 9.17) is 5.73 Å². The fourth-order valence-electron chi connectivity index (χ4n) is 2.21. The number of carbonyl (C=O) groups excluding carboxylic acids is 1. The van der Waals surface area contributed by atoms with Crippen LogP contribution in [0.5, 0.6) is 0 Å². The molecule has 3 N–H and O–H groups in total. The van der Waals surface area contributed by atoms with E-state index < -0.39 is 0 Å². The summed E-state index contributed by atoms with van der Waals surface area (Å²) in [6.07, 6.45) is 0. The van der Waals surface area contributed by atoms with Gasteiger partial charge in [-0.05, 0) is 30.7 Å². The van der Waals surface area contributed by atoms with Crippen LogP contribution in [0.15, 0.2) is 42.5 Å². The maximum Gasteiger partial charge on any atom is 0.251 e. The van der Waals surface area contributed by atoms with Crippen molar-refractivity contribution in [2.24, 2.45) is 0 Å². The molecule has 21 heavy (non-hydrogen) atoms. The third-order valence-corrected chi connectivity index (χ3v) is 3.47. The van der Waals surface area contributed by atoms with Crippen LogP contribution in [0.4, 0.5) is 11.4 Å². The third kappa shape index (κ3) is 3.54. The van der Waals surface area contributed by atoms with E-state index in [0.29, 0.717) is 11.3 Å². The number of aryl methyl sites for hydroxylation is 1. The van der Waals surface area contributed by atoms with Crippen LogP contribution < -0.4 is 16.0 Å². The molecular formula is C17H21N3O. The standard InChI is InChI=1S/C17H21N3O/c1-12-4-6-13(7-5-12)11-20(3)16-10-14(17(21)19-2)8-9-15(16)18/h4-10H,11,18H2,1-3H3,(H,19,21). The zero-order valence-corrected chi connectivity index (χ0v) is 12.7. The molecule has 0 unspecified atom stereocenters. The van der Waals surface area contributed by atoms with Gasteiger partial charge in [0, 0.05) is 26.2 Å². The molecule has 1 amide bonds. The van der Waals surface area contributed by atoms with Crippen molar-refractivity contribution in [2.75, 3.05) is 24.7 Å². The molecule has 0 heterocycles. The summed E-state index contributed by atoms with van der Waals surface area (Å²) in [5.74, 6) is -0.111. The van der Waals surface area contributed by atoms with Crippen molar-refractivity contribution in [3.05, 3.63) is 59.2 Å². The first kappa shape index (κ1) is 14.9. The summed E-state index contributed by atoms with van der Waals surface area (Å²) >= 11 is 0. The minimum atomic E-state index is -0.111. The number of amides is 1. The summed E-state index contributed by atoms with van der Waals surface area (Å²) in [5, 5.41) is 2.62. The minimum Gasteiger partial charge on any atom is -0.397 e. The molecule has 0 fully saturated rings. The quantitative estimate of drug-likeness (QED) is 0.848. The highest BCUT2D eigenvalue weighted by atomic mass is 16.1. The van der Waals surface area contributed by atoms with Crippen molar-refractivity contribution in [2.45, 2.75) is 13.5 Å². The largest absolute Gasteiger partial charge is 0.397 e. The highest BCUT2D eigenvalue weighted by Crippen LogP contribution is 2.25. The Morgan fingerprint density at radius 1 is 1.19 bits per heavy atom. The van der Waals surface area contributed by atoms with Crippen LogP contribution in [0.2, 0.25) is 0 Å². The van der Waals surface area contributed by atoms with Crippen LogP contribution in [0, 0.1) is 6.92 Å². The number of nitrogens with two attached hydrogens (primary N) is 1. The Bertz CT molecular complexity index is 635. The van der Waals surface area contributed by atoms with Crippen LogP contribution in [-0.4, -0.2) is 20.0 Å². The second-order valence-electron chi connectivity index (χ2n) is 5.19. The SMILES string of the molecule is CNC(=O)c1ccc(N)c(N(C)Cc2ccc(C)cc2)c1. The Labute approximate surface area is 125 Å². The first-order chi connectivity index (χ1) is 10.0. The molecule has 0 radical (unpaired) electrons. The zero-order chi connectivity index (χ0) is 15.4. The van der Waals surface area contributed by atoms with Crippen LogP contribution in [-0.2, 0) is 6.54 Å². The normalized spacial score (nSPS) is 10.2. The number of benzene rings is 2. The minimum absolute atomic E-state index is 0.111. The second-order valence-corrected chi connectivity index (χ2v) is 5.19. The second kappa shape index (κ2) is 6.31. The highest BCUT2D eigenvalue weighted by Gasteiger charge is 2.10. The molecule has 0 aliphatic carbocycles. The number of nitrogens with zero attached hydrogens (tertiary/aromatic N) is 1. The maximum absolute atomic E-state index is 11.7. The molecule has 2 aromatic rings. The summed E-state index contributed by atoms with van der Waals surface area (Å²) in [6.45, 7) is 2.81. The van der Waals surface area contributed by atoms with Gasteiger partial charge in [-0.15, -0.1) is 0 Å². The molecule has 0 spiro atoms. The van der Waals surface area contributed by atoms with Crippen molar-refractivity contribution >= 4 is 17.3 Å². The Kier molecular flexibility index (Phi) is 4.48. The molecule has 0 aromatic heterocycles. The fraction of sp³-hybridized carbons (Fsp3) is 0.235. The number of anilines is 2. The van der Waals surface area contributed by atoms with E-state index in [1.165, 1.54) is 11.1 Å². The summed E-state index contributed by atoms with van der Waals surface area (Å²) < 4.78 is 0. The van der Waals surface area contributed by atoms with Gasteiger partial charge in [0.2, 0.25) is 0 Å². The van der Waals surface area contributed by atoms with Gasteiger partial charge in [0.15, 0.2) is 0 Å². The lowest BCUT2D eigenvalue weighted by molar-refractivity contribution is 0.0963. The summed E-state index contributed by atoms with van der Waals surface area (Å²) in [5.41, 5.74) is 10.6. The highest BCUT2D eigenvalue weighted by molar-refractivity contribution is 5.96.